The van der Waals surface area contributed by atoms with Gasteiger partial charge in [-0.3, -0.25) is 4.79 Å². The number of nitrogens with zero attached hydrogens (tertiary/aromatic N) is 2. The van der Waals surface area contributed by atoms with Crippen LogP contribution in [0.5, 0.6) is 11.5 Å². The van der Waals surface area contributed by atoms with Crippen LogP contribution in [0, 0.1) is 0 Å². The highest BCUT2D eigenvalue weighted by molar-refractivity contribution is 5.92. The highest BCUT2D eigenvalue weighted by Gasteiger charge is 2.20. The van der Waals surface area contributed by atoms with Crippen molar-refractivity contribution < 1.29 is 23.8 Å². The lowest BCUT2D eigenvalue weighted by molar-refractivity contribution is -0.124. The second-order valence-corrected chi connectivity index (χ2v) is 6.03. The molecule has 0 saturated carbocycles. The number of amides is 1. The molecule has 0 aliphatic rings. The van der Waals surface area contributed by atoms with E-state index in [2.05, 4.69) is 10.4 Å². The van der Waals surface area contributed by atoms with Gasteiger partial charge < -0.3 is 19.5 Å². The van der Waals surface area contributed by atoms with Gasteiger partial charge in [-0.05, 0) is 29.8 Å². The largest absolute Gasteiger partial charge is 0.497 e. The average molecular weight is 395 g/mol. The SMILES string of the molecule is COc1ccc(CNC(=O)COC(=O)c2nn(-c3ccccc3)cc2OC)cc1. The molecule has 0 radical (unpaired) electrons. The summed E-state index contributed by atoms with van der Waals surface area (Å²) in [5.74, 6) is -0.165. The zero-order valence-corrected chi connectivity index (χ0v) is 16.1. The minimum Gasteiger partial charge on any atom is -0.497 e. The number of hydrogen-bond donors (Lipinski definition) is 1. The summed E-state index contributed by atoms with van der Waals surface area (Å²) in [5, 5.41) is 6.90. The van der Waals surface area contributed by atoms with Crippen molar-refractivity contribution in [2.24, 2.45) is 0 Å². The second kappa shape index (κ2) is 9.41. The van der Waals surface area contributed by atoms with Crippen molar-refractivity contribution in [3.8, 4) is 17.2 Å². The smallest absolute Gasteiger partial charge is 0.363 e. The van der Waals surface area contributed by atoms with Crippen LogP contribution >= 0.6 is 0 Å². The van der Waals surface area contributed by atoms with Crippen LogP contribution in [0.1, 0.15) is 16.1 Å². The summed E-state index contributed by atoms with van der Waals surface area (Å²) >= 11 is 0. The number of methoxy groups -OCH3 is 2. The summed E-state index contributed by atoms with van der Waals surface area (Å²) < 4.78 is 16.9. The van der Waals surface area contributed by atoms with Gasteiger partial charge in [0.25, 0.3) is 5.91 Å². The molecule has 1 amide bonds. The Morgan fingerprint density at radius 2 is 1.72 bits per heavy atom. The van der Waals surface area contributed by atoms with Crippen LogP contribution in [0.4, 0.5) is 0 Å². The molecule has 0 aliphatic carbocycles. The molecule has 150 valence electrons. The number of benzene rings is 2. The Kier molecular flexibility index (Phi) is 6.47. The molecule has 1 aromatic heterocycles. The van der Waals surface area contributed by atoms with E-state index in [1.165, 1.54) is 11.8 Å². The number of hydrogen-bond acceptors (Lipinski definition) is 6. The molecule has 0 unspecified atom stereocenters. The number of nitrogens with one attached hydrogen (secondary N) is 1. The van der Waals surface area contributed by atoms with E-state index in [0.717, 1.165) is 17.0 Å². The van der Waals surface area contributed by atoms with Gasteiger partial charge in [-0.1, -0.05) is 30.3 Å². The third-order valence-corrected chi connectivity index (χ3v) is 4.10. The van der Waals surface area contributed by atoms with Crippen molar-refractivity contribution in [2.45, 2.75) is 6.54 Å². The van der Waals surface area contributed by atoms with Gasteiger partial charge in [0.05, 0.1) is 26.1 Å². The van der Waals surface area contributed by atoms with Gasteiger partial charge in [-0.2, -0.15) is 5.10 Å². The molecule has 0 aliphatic heterocycles. The highest BCUT2D eigenvalue weighted by atomic mass is 16.5. The third-order valence-electron chi connectivity index (χ3n) is 4.10. The minimum atomic E-state index is -0.740. The topological polar surface area (TPSA) is 91.7 Å². The predicted octanol–water partition coefficient (Wildman–Crippen LogP) is 2.36. The molecule has 0 bridgehead atoms. The number of esters is 1. The Labute approximate surface area is 168 Å². The Balaban J connectivity index is 1.55. The van der Waals surface area contributed by atoms with Gasteiger partial charge in [0.1, 0.15) is 5.75 Å². The maximum absolute atomic E-state index is 12.3. The second-order valence-electron chi connectivity index (χ2n) is 6.03. The first kappa shape index (κ1) is 19.9. The molecule has 2 aromatic carbocycles. The molecule has 3 aromatic rings. The Morgan fingerprint density at radius 3 is 2.38 bits per heavy atom. The van der Waals surface area contributed by atoms with Gasteiger partial charge in [0, 0.05) is 6.54 Å². The van der Waals surface area contributed by atoms with E-state index in [1.54, 1.807) is 25.4 Å². The van der Waals surface area contributed by atoms with E-state index < -0.39 is 18.5 Å². The summed E-state index contributed by atoms with van der Waals surface area (Å²) in [7, 11) is 3.02. The van der Waals surface area contributed by atoms with Crippen LogP contribution in [0.15, 0.2) is 60.8 Å². The highest BCUT2D eigenvalue weighted by Crippen LogP contribution is 2.20. The molecule has 29 heavy (non-hydrogen) atoms. The van der Waals surface area contributed by atoms with Gasteiger partial charge in [0.15, 0.2) is 12.4 Å². The van der Waals surface area contributed by atoms with Gasteiger partial charge in [-0.25, -0.2) is 9.48 Å². The predicted molar refractivity (Wildman–Crippen MR) is 105 cm³/mol. The van der Waals surface area contributed by atoms with Gasteiger partial charge in [0.2, 0.25) is 5.69 Å². The van der Waals surface area contributed by atoms with Crippen LogP contribution in [0.25, 0.3) is 5.69 Å². The van der Waals surface area contributed by atoms with Crippen LogP contribution in [-0.2, 0) is 16.1 Å². The molecule has 8 nitrogen and oxygen atoms in total. The van der Waals surface area contributed by atoms with Crippen molar-refractivity contribution in [1.82, 2.24) is 15.1 Å². The monoisotopic (exact) mass is 395 g/mol. The molecular weight excluding hydrogens is 374 g/mol. The standard InChI is InChI=1S/C21H21N3O5/c1-27-17-10-8-15(9-11-17)12-22-19(25)14-29-21(26)20-18(28-2)13-24(23-20)16-6-4-3-5-7-16/h3-11,13H,12,14H2,1-2H3,(H,22,25). The van der Waals surface area contributed by atoms with E-state index in [0.29, 0.717) is 6.54 Å². The number of carbonyl (C=O) groups excluding carboxylic acids is 2. The van der Waals surface area contributed by atoms with Crippen molar-refractivity contribution >= 4 is 11.9 Å². The Bertz CT molecular complexity index is 968. The van der Waals surface area contributed by atoms with Crippen molar-refractivity contribution in [1.29, 1.82) is 0 Å². The minimum absolute atomic E-state index is 0.000641. The molecule has 0 atom stereocenters. The maximum atomic E-state index is 12.3. The summed E-state index contributed by atoms with van der Waals surface area (Å²) in [6, 6.07) is 16.6. The zero-order chi connectivity index (χ0) is 20.6. The first-order valence-electron chi connectivity index (χ1n) is 8.86. The average Bonchev–Trinajstić information content (AvgIpc) is 3.21. The molecule has 1 N–H and O–H groups in total. The lowest BCUT2D eigenvalue weighted by Crippen LogP contribution is -2.28. The van der Waals surface area contributed by atoms with Crippen LogP contribution < -0.4 is 14.8 Å². The summed E-state index contributed by atoms with van der Waals surface area (Å²) in [6.45, 7) is -0.108. The quantitative estimate of drug-likeness (QED) is 0.589. The Morgan fingerprint density at radius 1 is 1.00 bits per heavy atom. The van der Waals surface area contributed by atoms with Crippen molar-refractivity contribution in [3.05, 3.63) is 72.1 Å². The molecule has 8 heteroatoms. The number of carbonyl (C=O) groups is 2. The van der Waals surface area contributed by atoms with E-state index in [9.17, 15) is 9.59 Å². The molecule has 1 heterocycles. The molecule has 3 rings (SSSR count). The van der Waals surface area contributed by atoms with Crippen LogP contribution in [0.3, 0.4) is 0 Å². The fourth-order valence-electron chi connectivity index (χ4n) is 2.56. The van der Waals surface area contributed by atoms with E-state index in [-0.39, 0.29) is 11.4 Å². The first-order valence-corrected chi connectivity index (χ1v) is 8.86. The van der Waals surface area contributed by atoms with E-state index in [1.807, 2.05) is 42.5 Å². The van der Waals surface area contributed by atoms with Crippen LogP contribution in [0.2, 0.25) is 0 Å². The maximum Gasteiger partial charge on any atom is 0.363 e. The number of ether oxygens (including phenoxy) is 3. The Hall–Kier alpha value is -3.81. The van der Waals surface area contributed by atoms with E-state index in [4.69, 9.17) is 14.2 Å². The summed E-state index contributed by atoms with van der Waals surface area (Å²) in [4.78, 5) is 24.3. The molecule has 0 spiro atoms. The van der Waals surface area contributed by atoms with Crippen LogP contribution in [-0.4, -0.2) is 42.5 Å². The first-order chi connectivity index (χ1) is 14.1. The molecule has 0 saturated heterocycles. The van der Waals surface area contributed by atoms with E-state index >= 15 is 0 Å². The lowest BCUT2D eigenvalue weighted by atomic mass is 10.2. The zero-order valence-electron chi connectivity index (χ0n) is 16.1. The number of aromatic nitrogens is 2. The molecule has 0 fully saturated rings. The normalized spacial score (nSPS) is 10.3. The van der Waals surface area contributed by atoms with Gasteiger partial charge >= 0.3 is 5.97 Å². The number of rotatable bonds is 8. The third kappa shape index (κ3) is 5.13. The van der Waals surface area contributed by atoms with Gasteiger partial charge in [-0.15, -0.1) is 0 Å². The lowest BCUT2D eigenvalue weighted by Gasteiger charge is -2.07. The van der Waals surface area contributed by atoms with Crippen molar-refractivity contribution in [2.75, 3.05) is 20.8 Å². The fourth-order valence-corrected chi connectivity index (χ4v) is 2.56. The molecular formula is C21H21N3O5. The van der Waals surface area contributed by atoms with Crippen molar-refractivity contribution in [3.63, 3.8) is 0 Å². The number of para-hydroxylation sites is 1. The fraction of sp³-hybridized carbons (Fsp3) is 0.190. The summed E-state index contributed by atoms with van der Waals surface area (Å²) in [6.07, 6.45) is 1.58. The summed E-state index contributed by atoms with van der Waals surface area (Å²) in [5.41, 5.74) is 1.66.